The first-order valence-electron chi connectivity index (χ1n) is 11.8. The van der Waals surface area contributed by atoms with Crippen LogP contribution >= 0.6 is 34.8 Å². The summed E-state index contributed by atoms with van der Waals surface area (Å²) >= 11 is 19.0. The fourth-order valence-electron chi connectivity index (χ4n) is 3.97. The molecule has 5 aromatic rings. The Hall–Kier alpha value is -3.77. The Morgan fingerprint density at radius 1 is 0.763 bits per heavy atom. The van der Waals surface area contributed by atoms with Crippen molar-refractivity contribution in [2.45, 2.75) is 6.54 Å². The minimum absolute atomic E-state index is 0.240. The molecule has 4 aromatic carbocycles. The van der Waals surface area contributed by atoms with Gasteiger partial charge in [0, 0.05) is 11.6 Å². The van der Waals surface area contributed by atoms with Gasteiger partial charge in [0.05, 0.1) is 38.2 Å². The van der Waals surface area contributed by atoms with Crippen LogP contribution in [0.3, 0.4) is 0 Å². The molecule has 8 heteroatoms. The molecule has 1 aromatic heterocycles. The predicted octanol–water partition coefficient (Wildman–Crippen LogP) is 8.43. The van der Waals surface area contributed by atoms with Gasteiger partial charge in [0.1, 0.15) is 23.9 Å². The van der Waals surface area contributed by atoms with E-state index in [0.29, 0.717) is 45.4 Å². The van der Waals surface area contributed by atoms with Crippen molar-refractivity contribution in [3.05, 3.63) is 129 Å². The first-order chi connectivity index (χ1) is 18.5. The number of hydrogen-bond donors (Lipinski definition) is 0. The number of carbonyl (C=O) groups excluding carboxylic acids is 1. The summed E-state index contributed by atoms with van der Waals surface area (Å²) in [5.74, 6) is 0.799. The van der Waals surface area contributed by atoms with Crippen LogP contribution in [0.5, 0.6) is 5.75 Å². The number of benzene rings is 4. The fourth-order valence-corrected chi connectivity index (χ4v) is 4.60. The van der Waals surface area contributed by atoms with Crippen LogP contribution in [0.4, 0.5) is 0 Å². The molecular weight excluding hydrogens is 543 g/mol. The number of nitrogens with zero attached hydrogens (tertiary/aromatic N) is 2. The largest absolute Gasteiger partial charge is 0.490 e. The van der Waals surface area contributed by atoms with E-state index < -0.39 is 5.97 Å². The summed E-state index contributed by atoms with van der Waals surface area (Å²) < 4.78 is 13.8. The number of imidazole rings is 1. The number of rotatable bonds is 8. The van der Waals surface area contributed by atoms with Gasteiger partial charge in [-0.3, -0.25) is 0 Å². The number of aromatic nitrogens is 2. The number of para-hydroxylation sites is 3. The number of fused-ring (bicyclic) bond motifs is 1. The van der Waals surface area contributed by atoms with E-state index in [0.717, 1.165) is 11.0 Å². The lowest BCUT2D eigenvalue weighted by Gasteiger charge is -2.13. The lowest BCUT2D eigenvalue weighted by atomic mass is 10.1. The number of ether oxygens (including phenoxy) is 2. The first kappa shape index (κ1) is 25.9. The Morgan fingerprint density at radius 3 is 2.08 bits per heavy atom. The SMILES string of the molecule is O=C(O/C(=C/c1nc2ccccc2n1CCOc1ccccc1Cl)c1ccccc1Cl)c1ccccc1Cl. The maximum absolute atomic E-state index is 13.1. The minimum Gasteiger partial charge on any atom is -0.490 e. The van der Waals surface area contributed by atoms with Gasteiger partial charge < -0.3 is 14.0 Å². The molecule has 190 valence electrons. The molecule has 0 bridgehead atoms. The van der Waals surface area contributed by atoms with Crippen LogP contribution in [-0.2, 0) is 11.3 Å². The number of esters is 1. The highest BCUT2D eigenvalue weighted by Gasteiger charge is 2.19. The first-order valence-corrected chi connectivity index (χ1v) is 12.9. The molecule has 0 saturated carbocycles. The van der Waals surface area contributed by atoms with Crippen LogP contribution in [-0.4, -0.2) is 22.1 Å². The van der Waals surface area contributed by atoms with E-state index in [2.05, 4.69) is 0 Å². The molecule has 0 atom stereocenters. The lowest BCUT2D eigenvalue weighted by molar-refractivity contribution is 0.0694. The summed E-state index contributed by atoms with van der Waals surface area (Å²) in [5, 5.41) is 1.26. The lowest BCUT2D eigenvalue weighted by Crippen LogP contribution is -2.11. The molecule has 0 aliphatic rings. The number of hydrogen-bond acceptors (Lipinski definition) is 4. The molecular formula is C30H21Cl3N2O3. The van der Waals surface area contributed by atoms with Crippen molar-refractivity contribution in [1.82, 2.24) is 9.55 Å². The highest BCUT2D eigenvalue weighted by atomic mass is 35.5. The zero-order valence-electron chi connectivity index (χ0n) is 20.0. The summed E-state index contributed by atoms with van der Waals surface area (Å²) in [6.45, 7) is 0.803. The number of carbonyl (C=O) groups is 1. The van der Waals surface area contributed by atoms with Gasteiger partial charge in [-0.2, -0.15) is 0 Å². The molecule has 5 nitrogen and oxygen atoms in total. The van der Waals surface area contributed by atoms with E-state index in [-0.39, 0.29) is 11.3 Å². The third kappa shape index (κ3) is 5.70. The van der Waals surface area contributed by atoms with E-state index in [1.165, 1.54) is 0 Å². The molecule has 0 saturated heterocycles. The third-order valence-corrected chi connectivity index (χ3v) is 6.76. The Kier molecular flexibility index (Phi) is 7.99. The highest BCUT2D eigenvalue weighted by molar-refractivity contribution is 6.34. The van der Waals surface area contributed by atoms with Crippen LogP contribution in [0.25, 0.3) is 22.9 Å². The topological polar surface area (TPSA) is 53.3 Å². The van der Waals surface area contributed by atoms with Gasteiger partial charge in [-0.15, -0.1) is 0 Å². The average molecular weight is 564 g/mol. The molecule has 0 fully saturated rings. The van der Waals surface area contributed by atoms with E-state index in [1.807, 2.05) is 53.1 Å². The standard InChI is InChI=1S/C30H21Cl3N2O3/c31-22-11-3-1-9-20(22)28(38-30(36)21-10-2-4-12-23(21)32)19-29-34-25-14-6-7-15-26(25)35(29)17-18-37-27-16-8-5-13-24(27)33/h1-16,19H,17-18H2/b28-19+. The third-order valence-electron chi connectivity index (χ3n) is 5.79. The molecule has 38 heavy (non-hydrogen) atoms. The molecule has 0 unspecified atom stereocenters. The van der Waals surface area contributed by atoms with E-state index >= 15 is 0 Å². The van der Waals surface area contributed by atoms with E-state index in [4.69, 9.17) is 49.3 Å². The predicted molar refractivity (Wildman–Crippen MR) is 153 cm³/mol. The van der Waals surface area contributed by atoms with Crippen LogP contribution in [0.1, 0.15) is 21.7 Å². The minimum atomic E-state index is -0.605. The van der Waals surface area contributed by atoms with Crippen molar-refractivity contribution in [1.29, 1.82) is 0 Å². The fraction of sp³-hybridized carbons (Fsp3) is 0.0667. The smallest absolute Gasteiger partial charge is 0.345 e. The zero-order valence-corrected chi connectivity index (χ0v) is 22.3. The van der Waals surface area contributed by atoms with Crippen molar-refractivity contribution >= 4 is 63.6 Å². The van der Waals surface area contributed by atoms with Crippen LogP contribution in [0.15, 0.2) is 97.1 Å². The van der Waals surface area contributed by atoms with Gasteiger partial charge in [0.15, 0.2) is 0 Å². The maximum Gasteiger partial charge on any atom is 0.345 e. The van der Waals surface area contributed by atoms with Crippen LogP contribution in [0.2, 0.25) is 15.1 Å². The second kappa shape index (κ2) is 11.7. The van der Waals surface area contributed by atoms with Gasteiger partial charge in [-0.05, 0) is 48.5 Å². The second-order valence-electron chi connectivity index (χ2n) is 8.25. The molecule has 0 aliphatic carbocycles. The Morgan fingerprint density at radius 2 is 1.37 bits per heavy atom. The van der Waals surface area contributed by atoms with Gasteiger partial charge in [0.2, 0.25) is 0 Å². The van der Waals surface area contributed by atoms with Crippen molar-refractivity contribution in [2.24, 2.45) is 0 Å². The Labute approximate surface area is 234 Å². The van der Waals surface area contributed by atoms with Crippen molar-refractivity contribution in [3.8, 4) is 5.75 Å². The van der Waals surface area contributed by atoms with Crippen molar-refractivity contribution < 1.29 is 14.3 Å². The van der Waals surface area contributed by atoms with Crippen LogP contribution in [0, 0.1) is 0 Å². The van der Waals surface area contributed by atoms with E-state index in [1.54, 1.807) is 54.6 Å². The molecule has 0 N–H and O–H groups in total. The van der Waals surface area contributed by atoms with Crippen LogP contribution < -0.4 is 4.74 Å². The summed E-state index contributed by atoms with van der Waals surface area (Å²) in [6, 6.07) is 28.9. The Bertz CT molecular complexity index is 1650. The summed E-state index contributed by atoms with van der Waals surface area (Å²) in [5.41, 5.74) is 2.47. The molecule has 0 amide bonds. The highest BCUT2D eigenvalue weighted by Crippen LogP contribution is 2.30. The molecule has 0 aliphatic heterocycles. The summed E-state index contributed by atoms with van der Waals surface area (Å²) in [4.78, 5) is 17.9. The monoisotopic (exact) mass is 562 g/mol. The molecule has 0 radical (unpaired) electrons. The van der Waals surface area contributed by atoms with Gasteiger partial charge >= 0.3 is 5.97 Å². The average Bonchev–Trinajstić information content (AvgIpc) is 3.27. The van der Waals surface area contributed by atoms with Gasteiger partial charge in [-0.25, -0.2) is 9.78 Å². The number of halogens is 3. The summed E-state index contributed by atoms with van der Waals surface area (Å²) in [7, 11) is 0. The zero-order chi connectivity index (χ0) is 26.5. The second-order valence-corrected chi connectivity index (χ2v) is 9.47. The van der Waals surface area contributed by atoms with Gasteiger partial charge in [-0.1, -0.05) is 83.3 Å². The molecule has 5 rings (SSSR count). The normalized spacial score (nSPS) is 11.5. The maximum atomic E-state index is 13.1. The van der Waals surface area contributed by atoms with Crippen molar-refractivity contribution in [2.75, 3.05) is 6.61 Å². The summed E-state index contributed by atoms with van der Waals surface area (Å²) in [6.07, 6.45) is 1.70. The molecule has 1 heterocycles. The quantitative estimate of drug-likeness (QED) is 0.140. The van der Waals surface area contributed by atoms with Crippen molar-refractivity contribution in [3.63, 3.8) is 0 Å². The molecule has 0 spiro atoms. The Balaban J connectivity index is 1.54. The van der Waals surface area contributed by atoms with E-state index in [9.17, 15) is 4.79 Å². The van der Waals surface area contributed by atoms with Gasteiger partial charge in [0.25, 0.3) is 0 Å².